The van der Waals surface area contributed by atoms with Crippen LogP contribution in [0.2, 0.25) is 5.02 Å². The number of hydrogen-bond donors (Lipinski definition) is 1. The Morgan fingerprint density at radius 1 is 1.15 bits per heavy atom. The van der Waals surface area contributed by atoms with Crippen molar-refractivity contribution in [3.8, 4) is 0 Å². The first-order valence-corrected chi connectivity index (χ1v) is 9.23. The molecule has 3 aromatic rings. The molecule has 0 bridgehead atoms. The quantitative estimate of drug-likeness (QED) is 0.730. The average molecular weight is 384 g/mol. The molecule has 0 radical (unpaired) electrons. The van der Waals surface area contributed by atoms with Gasteiger partial charge in [0.2, 0.25) is 5.91 Å². The van der Waals surface area contributed by atoms with Crippen LogP contribution in [0, 0.1) is 20.8 Å². The number of carbonyl (C=O) groups is 1. The molecule has 1 amide bonds. The number of fused-ring (bicyclic) bond motifs is 1. The zero-order valence-corrected chi connectivity index (χ0v) is 16.4. The highest BCUT2D eigenvalue weighted by Gasteiger charge is 2.11. The maximum absolute atomic E-state index is 12.6. The molecule has 0 unspecified atom stereocenters. The summed E-state index contributed by atoms with van der Waals surface area (Å²) in [7, 11) is 0. The summed E-state index contributed by atoms with van der Waals surface area (Å²) in [6.45, 7) is 6.38. The highest BCUT2D eigenvalue weighted by molar-refractivity contribution is 6.31. The van der Waals surface area contributed by atoms with E-state index >= 15 is 0 Å². The molecule has 1 heterocycles. The Bertz CT molecular complexity index is 1070. The zero-order valence-electron chi connectivity index (χ0n) is 15.7. The van der Waals surface area contributed by atoms with Crippen LogP contribution in [0.5, 0.6) is 0 Å². The smallest absolute Gasteiger partial charge is 0.272 e. The second-order valence-corrected chi connectivity index (χ2v) is 7.10. The van der Waals surface area contributed by atoms with Gasteiger partial charge < -0.3 is 9.88 Å². The molecule has 1 aromatic heterocycles. The Hall–Kier alpha value is -2.66. The Kier molecular flexibility index (Phi) is 5.61. The fraction of sp³-hybridized carbons (Fsp3) is 0.286. The number of halogens is 1. The largest absolute Gasteiger partial charge is 0.352 e. The summed E-state index contributed by atoms with van der Waals surface area (Å²) in [4.78, 5) is 29.2. The predicted molar refractivity (Wildman–Crippen MR) is 108 cm³/mol. The minimum Gasteiger partial charge on any atom is -0.352 e. The van der Waals surface area contributed by atoms with E-state index in [9.17, 15) is 9.59 Å². The number of rotatable bonds is 5. The Balaban J connectivity index is 1.77. The van der Waals surface area contributed by atoms with E-state index in [4.69, 9.17) is 11.6 Å². The van der Waals surface area contributed by atoms with Crippen LogP contribution in [-0.4, -0.2) is 15.5 Å². The van der Waals surface area contributed by atoms with Crippen LogP contribution in [0.15, 0.2) is 41.2 Å². The van der Waals surface area contributed by atoms with E-state index in [1.807, 2.05) is 44.2 Å². The molecule has 0 spiro atoms. The van der Waals surface area contributed by atoms with Crippen molar-refractivity contribution in [1.82, 2.24) is 14.9 Å². The van der Waals surface area contributed by atoms with Gasteiger partial charge in [-0.05, 0) is 55.7 Å². The number of carbonyl (C=O) groups excluding carboxylic acids is 1. The van der Waals surface area contributed by atoms with Crippen LogP contribution in [0.3, 0.4) is 0 Å². The number of hydrogen-bond acceptors (Lipinski definition) is 3. The molecular weight excluding hydrogens is 362 g/mol. The van der Waals surface area contributed by atoms with Crippen molar-refractivity contribution in [2.75, 3.05) is 0 Å². The van der Waals surface area contributed by atoms with Crippen LogP contribution in [0.25, 0.3) is 11.0 Å². The molecule has 1 N–H and O–H groups in total. The van der Waals surface area contributed by atoms with Crippen molar-refractivity contribution in [2.24, 2.45) is 0 Å². The SMILES string of the molecule is Cc1cc2nc(C)c(=O)n(CCC(=O)NCc3ccccc3Cl)c2cc1C. The number of nitrogens with zero attached hydrogens (tertiary/aromatic N) is 2. The molecule has 0 fully saturated rings. The molecule has 0 saturated heterocycles. The standard InChI is InChI=1S/C21H22ClN3O2/c1-13-10-18-19(11-14(13)2)25(21(27)15(3)24-18)9-8-20(26)23-12-16-6-4-5-7-17(16)22/h4-7,10-11H,8-9,12H2,1-3H3,(H,23,26). The highest BCUT2D eigenvalue weighted by atomic mass is 35.5. The van der Waals surface area contributed by atoms with Gasteiger partial charge in [-0.3, -0.25) is 9.59 Å². The molecule has 0 aliphatic rings. The highest BCUT2D eigenvalue weighted by Crippen LogP contribution is 2.17. The molecule has 6 heteroatoms. The molecule has 0 aliphatic heterocycles. The van der Waals surface area contributed by atoms with Gasteiger partial charge in [0, 0.05) is 24.5 Å². The van der Waals surface area contributed by atoms with E-state index in [2.05, 4.69) is 10.3 Å². The molecule has 27 heavy (non-hydrogen) atoms. The van der Waals surface area contributed by atoms with Gasteiger partial charge >= 0.3 is 0 Å². The van der Waals surface area contributed by atoms with Gasteiger partial charge in [-0.1, -0.05) is 29.8 Å². The van der Waals surface area contributed by atoms with Crippen molar-refractivity contribution in [1.29, 1.82) is 0 Å². The van der Waals surface area contributed by atoms with Gasteiger partial charge in [0.1, 0.15) is 5.69 Å². The second kappa shape index (κ2) is 7.92. The number of aromatic nitrogens is 2. The van der Waals surface area contributed by atoms with Gasteiger partial charge in [-0.15, -0.1) is 0 Å². The van der Waals surface area contributed by atoms with E-state index in [1.54, 1.807) is 17.6 Å². The number of benzene rings is 2. The van der Waals surface area contributed by atoms with E-state index in [0.717, 1.165) is 27.7 Å². The summed E-state index contributed by atoms with van der Waals surface area (Å²) in [5.74, 6) is -0.131. The van der Waals surface area contributed by atoms with Crippen molar-refractivity contribution in [2.45, 2.75) is 40.3 Å². The lowest BCUT2D eigenvalue weighted by molar-refractivity contribution is -0.121. The lowest BCUT2D eigenvalue weighted by atomic mass is 10.1. The lowest BCUT2D eigenvalue weighted by Gasteiger charge is -2.13. The molecule has 5 nitrogen and oxygen atoms in total. The molecule has 0 saturated carbocycles. The van der Waals surface area contributed by atoms with E-state index in [1.165, 1.54) is 0 Å². The van der Waals surface area contributed by atoms with Crippen LogP contribution in [0.1, 0.15) is 28.8 Å². The van der Waals surface area contributed by atoms with Crippen LogP contribution < -0.4 is 10.9 Å². The normalized spacial score (nSPS) is 11.0. The summed E-state index contributed by atoms with van der Waals surface area (Å²) in [6, 6.07) is 11.3. The van der Waals surface area contributed by atoms with E-state index < -0.39 is 0 Å². The minimum atomic E-state index is -0.162. The lowest BCUT2D eigenvalue weighted by Crippen LogP contribution is -2.29. The Morgan fingerprint density at radius 3 is 2.59 bits per heavy atom. The first kappa shape index (κ1) is 19.1. The van der Waals surface area contributed by atoms with Crippen molar-refractivity contribution < 1.29 is 4.79 Å². The Labute approximate surface area is 163 Å². The molecular formula is C21H22ClN3O2. The number of aryl methyl sites for hydroxylation is 4. The zero-order chi connectivity index (χ0) is 19.6. The summed E-state index contributed by atoms with van der Waals surface area (Å²) >= 11 is 6.11. The molecule has 3 rings (SSSR count). The number of nitrogens with one attached hydrogen (secondary N) is 1. The van der Waals surface area contributed by atoms with Gasteiger partial charge in [0.15, 0.2) is 0 Å². The van der Waals surface area contributed by atoms with Crippen molar-refractivity contribution in [3.63, 3.8) is 0 Å². The molecule has 2 aromatic carbocycles. The minimum absolute atomic E-state index is 0.131. The number of amides is 1. The summed E-state index contributed by atoms with van der Waals surface area (Å²) in [6.07, 6.45) is 0.204. The van der Waals surface area contributed by atoms with E-state index in [-0.39, 0.29) is 17.9 Å². The maximum Gasteiger partial charge on any atom is 0.272 e. The summed E-state index contributed by atoms with van der Waals surface area (Å²) < 4.78 is 1.64. The maximum atomic E-state index is 12.6. The van der Waals surface area contributed by atoms with E-state index in [0.29, 0.717) is 23.8 Å². The third kappa shape index (κ3) is 4.19. The Morgan fingerprint density at radius 2 is 1.85 bits per heavy atom. The van der Waals surface area contributed by atoms with Crippen LogP contribution in [0.4, 0.5) is 0 Å². The molecule has 0 atom stereocenters. The monoisotopic (exact) mass is 383 g/mol. The van der Waals surface area contributed by atoms with Crippen molar-refractivity contribution >= 4 is 28.5 Å². The fourth-order valence-corrected chi connectivity index (χ4v) is 3.19. The summed E-state index contributed by atoms with van der Waals surface area (Å²) in [5, 5.41) is 3.48. The third-order valence-electron chi connectivity index (χ3n) is 4.72. The van der Waals surface area contributed by atoms with Crippen LogP contribution >= 0.6 is 11.6 Å². The van der Waals surface area contributed by atoms with Crippen LogP contribution in [-0.2, 0) is 17.9 Å². The molecule has 140 valence electrons. The van der Waals surface area contributed by atoms with Gasteiger partial charge in [0.25, 0.3) is 5.56 Å². The van der Waals surface area contributed by atoms with Gasteiger partial charge in [-0.2, -0.15) is 0 Å². The predicted octanol–water partition coefficient (Wildman–Crippen LogP) is 3.68. The second-order valence-electron chi connectivity index (χ2n) is 6.70. The van der Waals surface area contributed by atoms with Crippen molar-refractivity contribution in [3.05, 3.63) is 74.2 Å². The average Bonchev–Trinajstić information content (AvgIpc) is 2.63. The molecule has 0 aliphatic carbocycles. The van der Waals surface area contributed by atoms with Gasteiger partial charge in [-0.25, -0.2) is 4.98 Å². The first-order valence-electron chi connectivity index (χ1n) is 8.85. The topological polar surface area (TPSA) is 64.0 Å². The fourth-order valence-electron chi connectivity index (χ4n) is 2.98. The van der Waals surface area contributed by atoms with Gasteiger partial charge in [0.05, 0.1) is 11.0 Å². The third-order valence-corrected chi connectivity index (χ3v) is 5.09. The first-order chi connectivity index (χ1) is 12.9. The summed E-state index contributed by atoms with van der Waals surface area (Å²) in [5.41, 5.74) is 4.87.